The Bertz CT molecular complexity index is 373. The number of hydrogen-bond acceptors (Lipinski definition) is 1. The van der Waals surface area contributed by atoms with Gasteiger partial charge in [-0.05, 0) is 62.5 Å². The van der Waals surface area contributed by atoms with Crippen molar-refractivity contribution < 1.29 is 4.79 Å². The molecule has 0 saturated heterocycles. The van der Waals surface area contributed by atoms with Gasteiger partial charge >= 0.3 is 0 Å². The van der Waals surface area contributed by atoms with Gasteiger partial charge in [-0.3, -0.25) is 4.79 Å². The molecule has 3 aliphatic rings. The van der Waals surface area contributed by atoms with Crippen LogP contribution in [0.2, 0.25) is 0 Å². The molecule has 0 spiro atoms. The van der Waals surface area contributed by atoms with Crippen molar-refractivity contribution in [3.8, 4) is 0 Å². The van der Waals surface area contributed by atoms with E-state index >= 15 is 0 Å². The van der Waals surface area contributed by atoms with Gasteiger partial charge in [0.2, 0.25) is 0 Å². The van der Waals surface area contributed by atoms with Gasteiger partial charge in [-0.25, -0.2) is 0 Å². The summed E-state index contributed by atoms with van der Waals surface area (Å²) in [7, 11) is 0. The van der Waals surface area contributed by atoms with Gasteiger partial charge in [-0.15, -0.1) is 0 Å². The number of Topliss-reactive ketones (excluding diaryl/α,β-unsaturated/α-hetero) is 1. The lowest BCUT2D eigenvalue weighted by Gasteiger charge is -2.15. The second-order valence-electron chi connectivity index (χ2n) is 6.07. The summed E-state index contributed by atoms with van der Waals surface area (Å²) in [4.78, 5) is 12.6. The lowest BCUT2D eigenvalue weighted by molar-refractivity contribution is -0.112. The molecule has 0 atom stereocenters. The fourth-order valence-electron chi connectivity index (χ4n) is 3.87. The van der Waals surface area contributed by atoms with Crippen molar-refractivity contribution in [1.29, 1.82) is 0 Å². The van der Waals surface area contributed by atoms with E-state index in [2.05, 4.69) is 0 Å². The highest BCUT2D eigenvalue weighted by atomic mass is 16.1. The Hall–Kier alpha value is -0.850. The molecule has 0 N–H and O–H groups in total. The van der Waals surface area contributed by atoms with Gasteiger partial charge in [0.05, 0.1) is 0 Å². The van der Waals surface area contributed by atoms with Crippen molar-refractivity contribution in [3.05, 3.63) is 22.3 Å². The Balaban J connectivity index is 1.93. The van der Waals surface area contributed by atoms with Crippen LogP contribution in [0.15, 0.2) is 22.3 Å². The second-order valence-corrected chi connectivity index (χ2v) is 6.07. The number of allylic oxidation sites excluding steroid dienone is 4. The molecule has 3 aliphatic carbocycles. The zero-order valence-corrected chi connectivity index (χ0v) is 11.4. The number of rotatable bonds is 0. The van der Waals surface area contributed by atoms with Gasteiger partial charge in [0.15, 0.2) is 5.78 Å². The molecule has 3 rings (SSSR count). The van der Waals surface area contributed by atoms with Crippen molar-refractivity contribution >= 4 is 5.78 Å². The molecule has 0 saturated carbocycles. The van der Waals surface area contributed by atoms with E-state index in [-0.39, 0.29) is 0 Å². The molecule has 0 aromatic heterocycles. The van der Waals surface area contributed by atoms with Crippen LogP contribution in [0, 0.1) is 0 Å². The van der Waals surface area contributed by atoms with Gasteiger partial charge in [0.25, 0.3) is 0 Å². The van der Waals surface area contributed by atoms with Crippen LogP contribution >= 0.6 is 0 Å². The monoisotopic (exact) mass is 244 g/mol. The van der Waals surface area contributed by atoms with Crippen LogP contribution in [-0.2, 0) is 4.79 Å². The minimum Gasteiger partial charge on any atom is -0.289 e. The van der Waals surface area contributed by atoms with E-state index in [0.717, 1.165) is 12.8 Å². The largest absolute Gasteiger partial charge is 0.289 e. The van der Waals surface area contributed by atoms with Crippen molar-refractivity contribution in [2.45, 2.75) is 77.0 Å². The molecule has 1 nitrogen and oxygen atoms in total. The van der Waals surface area contributed by atoms with E-state index in [9.17, 15) is 4.79 Å². The van der Waals surface area contributed by atoms with Crippen LogP contribution < -0.4 is 0 Å². The number of carbonyl (C=O) groups is 1. The predicted octanol–water partition coefficient (Wildman–Crippen LogP) is 4.87. The van der Waals surface area contributed by atoms with E-state index in [1.54, 1.807) is 0 Å². The fourth-order valence-corrected chi connectivity index (χ4v) is 3.87. The summed E-state index contributed by atoms with van der Waals surface area (Å²) in [5, 5.41) is 0. The van der Waals surface area contributed by atoms with Crippen LogP contribution in [0.1, 0.15) is 77.0 Å². The molecule has 0 aromatic rings. The molecule has 0 heterocycles. The molecule has 0 radical (unpaired) electrons. The highest BCUT2D eigenvalue weighted by Gasteiger charge is 2.31. The molecule has 1 heteroatoms. The summed E-state index contributed by atoms with van der Waals surface area (Å²) >= 11 is 0. The first kappa shape index (κ1) is 12.2. The first-order valence-corrected chi connectivity index (χ1v) is 7.87. The summed E-state index contributed by atoms with van der Waals surface area (Å²) in [5.74, 6) is 0.448. The fraction of sp³-hybridized carbons (Fsp3) is 0.706. The quantitative estimate of drug-likeness (QED) is 0.594. The zero-order valence-electron chi connectivity index (χ0n) is 11.4. The summed E-state index contributed by atoms with van der Waals surface area (Å²) in [6, 6.07) is 0. The van der Waals surface area contributed by atoms with Gasteiger partial charge in [-0.2, -0.15) is 0 Å². The Morgan fingerprint density at radius 2 is 0.778 bits per heavy atom. The zero-order chi connectivity index (χ0) is 12.4. The summed E-state index contributed by atoms with van der Waals surface area (Å²) in [5.41, 5.74) is 5.44. The van der Waals surface area contributed by atoms with E-state index in [0.29, 0.717) is 5.78 Å². The molecule has 0 amide bonds. The van der Waals surface area contributed by atoms with Gasteiger partial charge in [0.1, 0.15) is 0 Å². The highest BCUT2D eigenvalue weighted by molar-refractivity contribution is 6.13. The first-order chi connectivity index (χ1) is 8.88. The molecule has 18 heavy (non-hydrogen) atoms. The maximum absolute atomic E-state index is 12.6. The van der Waals surface area contributed by atoms with Gasteiger partial charge in [0, 0.05) is 11.1 Å². The Morgan fingerprint density at radius 1 is 0.444 bits per heavy atom. The van der Waals surface area contributed by atoms with Crippen LogP contribution in [-0.4, -0.2) is 5.78 Å². The van der Waals surface area contributed by atoms with Crippen molar-refractivity contribution in [3.63, 3.8) is 0 Å². The van der Waals surface area contributed by atoms with Crippen LogP contribution in [0.4, 0.5) is 0 Å². The number of carbonyl (C=O) groups excluding carboxylic acids is 1. The topological polar surface area (TPSA) is 17.1 Å². The molecule has 0 aliphatic heterocycles. The normalized spacial score (nSPS) is 26.1. The average molecular weight is 244 g/mol. The maximum Gasteiger partial charge on any atom is 0.185 e. The van der Waals surface area contributed by atoms with Crippen molar-refractivity contribution in [1.82, 2.24) is 0 Å². The van der Waals surface area contributed by atoms with Crippen molar-refractivity contribution in [2.24, 2.45) is 0 Å². The first-order valence-electron chi connectivity index (χ1n) is 7.87. The summed E-state index contributed by atoms with van der Waals surface area (Å²) < 4.78 is 0. The van der Waals surface area contributed by atoms with E-state index < -0.39 is 0 Å². The average Bonchev–Trinajstić information content (AvgIpc) is 2.50. The number of fused-ring (bicyclic) bond motifs is 1. The van der Waals surface area contributed by atoms with E-state index in [1.165, 1.54) is 86.5 Å². The molecular weight excluding hydrogens is 220 g/mol. The van der Waals surface area contributed by atoms with Crippen LogP contribution in [0.25, 0.3) is 0 Å². The van der Waals surface area contributed by atoms with Crippen LogP contribution in [0.3, 0.4) is 0 Å². The molecule has 0 fully saturated rings. The molecule has 98 valence electrons. The number of ketones is 1. The minimum atomic E-state index is 0.448. The van der Waals surface area contributed by atoms with E-state index in [4.69, 9.17) is 0 Å². The standard InChI is InChI=1S/C17H24O/c18-17-15-11-7-3-1-5-9-13(15)14-10-6-2-4-8-12-16(14)17/h1-12H2. The van der Waals surface area contributed by atoms with E-state index in [1.807, 2.05) is 0 Å². The SMILES string of the molecule is O=C1C2=C(CCCCCC2)C2=C1CCCCCC2. The third-order valence-electron chi connectivity index (χ3n) is 4.85. The van der Waals surface area contributed by atoms with Gasteiger partial charge < -0.3 is 0 Å². The Labute approximate surface area is 110 Å². The Kier molecular flexibility index (Phi) is 3.67. The second kappa shape index (κ2) is 5.42. The molecular formula is C17H24O. The smallest absolute Gasteiger partial charge is 0.185 e. The lowest BCUT2D eigenvalue weighted by Crippen LogP contribution is -2.04. The summed E-state index contributed by atoms with van der Waals surface area (Å²) in [6.45, 7) is 0. The van der Waals surface area contributed by atoms with Crippen molar-refractivity contribution in [2.75, 3.05) is 0 Å². The van der Waals surface area contributed by atoms with Crippen LogP contribution in [0.5, 0.6) is 0 Å². The number of hydrogen-bond donors (Lipinski definition) is 0. The minimum absolute atomic E-state index is 0.448. The third kappa shape index (κ3) is 2.20. The maximum atomic E-state index is 12.6. The highest BCUT2D eigenvalue weighted by Crippen LogP contribution is 2.42. The predicted molar refractivity (Wildman–Crippen MR) is 74.5 cm³/mol. The third-order valence-corrected chi connectivity index (χ3v) is 4.85. The molecule has 0 bridgehead atoms. The molecule has 0 aromatic carbocycles. The Morgan fingerprint density at radius 3 is 1.17 bits per heavy atom. The van der Waals surface area contributed by atoms with Gasteiger partial charge in [-0.1, -0.05) is 25.7 Å². The summed E-state index contributed by atoms with van der Waals surface area (Å²) in [6.07, 6.45) is 14.9. The lowest BCUT2D eigenvalue weighted by atomic mass is 9.89. The molecule has 0 unspecified atom stereocenters.